The fourth-order valence-electron chi connectivity index (χ4n) is 2.60. The first-order valence-corrected chi connectivity index (χ1v) is 5.51. The summed E-state index contributed by atoms with van der Waals surface area (Å²) in [5.41, 5.74) is 1.46. The minimum absolute atomic E-state index is 0.275. The molecule has 1 saturated carbocycles. The average Bonchev–Trinajstić information content (AvgIpc) is 2.49. The van der Waals surface area contributed by atoms with Gasteiger partial charge in [-0.2, -0.15) is 0 Å². The van der Waals surface area contributed by atoms with Crippen molar-refractivity contribution in [2.45, 2.75) is 45.4 Å². The van der Waals surface area contributed by atoms with E-state index in [0.717, 1.165) is 12.3 Å². The highest BCUT2D eigenvalue weighted by atomic mass is 16.1. The molecule has 0 aromatic heterocycles. The highest BCUT2D eigenvalue weighted by molar-refractivity contribution is 5.94. The lowest BCUT2D eigenvalue weighted by atomic mass is 9.83. The van der Waals surface area contributed by atoms with E-state index in [9.17, 15) is 4.79 Å². The number of carbonyl (C=O) groups excluding carboxylic acids is 1. The van der Waals surface area contributed by atoms with E-state index in [1.165, 1.54) is 37.7 Å². The summed E-state index contributed by atoms with van der Waals surface area (Å²) in [6.45, 7) is 2.05. The molecule has 1 atom stereocenters. The van der Waals surface area contributed by atoms with Gasteiger partial charge in [0.05, 0.1) is 0 Å². The SMILES string of the molecule is CC1CC(C2CCCCC2)=CC1=O. The normalized spacial score (nSPS) is 30.7. The van der Waals surface area contributed by atoms with Crippen LogP contribution in [-0.4, -0.2) is 5.78 Å². The lowest BCUT2D eigenvalue weighted by Crippen LogP contribution is -2.08. The predicted octanol–water partition coefficient (Wildman–Crippen LogP) is 3.10. The molecule has 1 unspecified atom stereocenters. The molecule has 13 heavy (non-hydrogen) atoms. The molecule has 1 nitrogen and oxygen atoms in total. The van der Waals surface area contributed by atoms with Crippen molar-refractivity contribution in [3.05, 3.63) is 11.6 Å². The Labute approximate surface area is 80.2 Å². The van der Waals surface area contributed by atoms with Crippen molar-refractivity contribution in [1.82, 2.24) is 0 Å². The van der Waals surface area contributed by atoms with Crippen molar-refractivity contribution in [2.24, 2.45) is 11.8 Å². The van der Waals surface area contributed by atoms with E-state index >= 15 is 0 Å². The molecule has 72 valence electrons. The molecule has 0 N–H and O–H groups in total. The minimum atomic E-state index is 0.275. The van der Waals surface area contributed by atoms with Gasteiger partial charge in [-0.15, -0.1) is 0 Å². The first-order valence-electron chi connectivity index (χ1n) is 5.51. The summed E-state index contributed by atoms with van der Waals surface area (Å²) in [6, 6.07) is 0. The van der Waals surface area contributed by atoms with Crippen LogP contribution in [0.3, 0.4) is 0 Å². The topological polar surface area (TPSA) is 17.1 Å². The van der Waals surface area contributed by atoms with Crippen LogP contribution in [0.2, 0.25) is 0 Å². The van der Waals surface area contributed by atoms with Crippen LogP contribution in [0, 0.1) is 11.8 Å². The van der Waals surface area contributed by atoms with Gasteiger partial charge in [-0.05, 0) is 31.3 Å². The van der Waals surface area contributed by atoms with Gasteiger partial charge in [0.15, 0.2) is 5.78 Å². The molecule has 0 spiro atoms. The van der Waals surface area contributed by atoms with Crippen LogP contribution < -0.4 is 0 Å². The van der Waals surface area contributed by atoms with Gasteiger partial charge in [0.25, 0.3) is 0 Å². The molecule has 0 aromatic rings. The van der Waals surface area contributed by atoms with Gasteiger partial charge in [0, 0.05) is 5.92 Å². The van der Waals surface area contributed by atoms with Gasteiger partial charge in [-0.3, -0.25) is 4.79 Å². The molecule has 2 aliphatic rings. The lowest BCUT2D eigenvalue weighted by Gasteiger charge is -2.22. The van der Waals surface area contributed by atoms with Gasteiger partial charge in [0.2, 0.25) is 0 Å². The second-order valence-corrected chi connectivity index (χ2v) is 4.56. The Balaban J connectivity index is 2.01. The summed E-state index contributed by atoms with van der Waals surface area (Å²) in [5, 5.41) is 0. The van der Waals surface area contributed by atoms with Crippen molar-refractivity contribution in [3.8, 4) is 0 Å². The molecule has 2 rings (SSSR count). The third-order valence-electron chi connectivity index (χ3n) is 3.48. The van der Waals surface area contributed by atoms with E-state index in [-0.39, 0.29) is 5.92 Å². The van der Waals surface area contributed by atoms with E-state index in [4.69, 9.17) is 0 Å². The van der Waals surface area contributed by atoms with E-state index < -0.39 is 0 Å². The Bertz CT molecular complexity index is 234. The highest BCUT2D eigenvalue weighted by Crippen LogP contribution is 2.36. The standard InChI is InChI=1S/C12H18O/c1-9-7-11(8-12(9)13)10-5-3-2-4-6-10/h8-10H,2-7H2,1H3. The van der Waals surface area contributed by atoms with Crippen molar-refractivity contribution in [3.63, 3.8) is 0 Å². The molecule has 0 heterocycles. The Morgan fingerprint density at radius 1 is 1.23 bits per heavy atom. The Kier molecular flexibility index (Phi) is 2.52. The van der Waals surface area contributed by atoms with Gasteiger partial charge < -0.3 is 0 Å². The Morgan fingerprint density at radius 2 is 1.92 bits per heavy atom. The number of hydrogen-bond donors (Lipinski definition) is 0. The monoisotopic (exact) mass is 178 g/mol. The average molecular weight is 178 g/mol. The zero-order valence-electron chi connectivity index (χ0n) is 8.38. The number of allylic oxidation sites excluding steroid dienone is 2. The maximum atomic E-state index is 11.4. The van der Waals surface area contributed by atoms with E-state index in [1.54, 1.807) is 0 Å². The maximum Gasteiger partial charge on any atom is 0.158 e. The van der Waals surface area contributed by atoms with Crippen molar-refractivity contribution >= 4 is 5.78 Å². The Morgan fingerprint density at radius 3 is 2.46 bits per heavy atom. The first-order chi connectivity index (χ1) is 6.27. The molecule has 0 amide bonds. The number of ketones is 1. The fraction of sp³-hybridized carbons (Fsp3) is 0.750. The molecular formula is C12H18O. The summed E-state index contributed by atoms with van der Waals surface area (Å²) in [4.78, 5) is 11.4. The van der Waals surface area contributed by atoms with Gasteiger partial charge in [-0.1, -0.05) is 31.8 Å². The van der Waals surface area contributed by atoms with Crippen molar-refractivity contribution < 1.29 is 4.79 Å². The molecule has 1 heteroatoms. The van der Waals surface area contributed by atoms with Crippen LogP contribution in [0.4, 0.5) is 0 Å². The fourth-order valence-corrected chi connectivity index (χ4v) is 2.60. The molecule has 0 bridgehead atoms. The summed E-state index contributed by atoms with van der Waals surface area (Å²) < 4.78 is 0. The van der Waals surface area contributed by atoms with E-state index in [2.05, 4.69) is 6.92 Å². The minimum Gasteiger partial charge on any atom is -0.295 e. The van der Waals surface area contributed by atoms with Crippen molar-refractivity contribution in [2.75, 3.05) is 0 Å². The molecule has 0 aromatic carbocycles. The smallest absolute Gasteiger partial charge is 0.158 e. The molecule has 1 fully saturated rings. The maximum absolute atomic E-state index is 11.4. The summed E-state index contributed by atoms with van der Waals surface area (Å²) in [5.74, 6) is 1.39. The number of carbonyl (C=O) groups is 1. The van der Waals surface area contributed by atoms with E-state index in [0.29, 0.717) is 5.78 Å². The third-order valence-corrected chi connectivity index (χ3v) is 3.48. The molecular weight excluding hydrogens is 160 g/mol. The quantitative estimate of drug-likeness (QED) is 0.603. The van der Waals surface area contributed by atoms with Crippen LogP contribution in [0.15, 0.2) is 11.6 Å². The second kappa shape index (κ2) is 3.65. The van der Waals surface area contributed by atoms with Gasteiger partial charge in [0.1, 0.15) is 0 Å². The molecule has 0 saturated heterocycles. The van der Waals surface area contributed by atoms with E-state index in [1.807, 2.05) is 6.08 Å². The predicted molar refractivity (Wildman–Crippen MR) is 53.4 cm³/mol. The van der Waals surface area contributed by atoms with Crippen LogP contribution in [0.5, 0.6) is 0 Å². The van der Waals surface area contributed by atoms with Crippen LogP contribution >= 0.6 is 0 Å². The zero-order chi connectivity index (χ0) is 9.26. The Hall–Kier alpha value is -0.590. The molecule has 2 aliphatic carbocycles. The first kappa shape index (κ1) is 8.98. The van der Waals surface area contributed by atoms with Gasteiger partial charge in [-0.25, -0.2) is 0 Å². The molecule has 0 radical (unpaired) electrons. The highest BCUT2D eigenvalue weighted by Gasteiger charge is 2.26. The zero-order valence-corrected chi connectivity index (χ0v) is 8.38. The lowest BCUT2D eigenvalue weighted by molar-refractivity contribution is -0.116. The van der Waals surface area contributed by atoms with Crippen LogP contribution in [0.1, 0.15) is 45.4 Å². The summed E-state index contributed by atoms with van der Waals surface area (Å²) in [7, 11) is 0. The largest absolute Gasteiger partial charge is 0.295 e. The van der Waals surface area contributed by atoms with Crippen LogP contribution in [-0.2, 0) is 4.79 Å². The third kappa shape index (κ3) is 1.84. The number of hydrogen-bond acceptors (Lipinski definition) is 1. The summed E-state index contributed by atoms with van der Waals surface area (Å²) >= 11 is 0. The van der Waals surface area contributed by atoms with Crippen LogP contribution in [0.25, 0.3) is 0 Å². The molecule has 0 aliphatic heterocycles. The van der Waals surface area contributed by atoms with Gasteiger partial charge >= 0.3 is 0 Å². The summed E-state index contributed by atoms with van der Waals surface area (Å²) in [6.07, 6.45) is 9.75. The van der Waals surface area contributed by atoms with Crippen molar-refractivity contribution in [1.29, 1.82) is 0 Å². The second-order valence-electron chi connectivity index (χ2n) is 4.56. The number of rotatable bonds is 1.